The van der Waals surface area contributed by atoms with E-state index in [1.165, 1.54) is 12.0 Å². The highest BCUT2D eigenvalue weighted by Crippen LogP contribution is 2.39. The second kappa shape index (κ2) is 7.94. The van der Waals surface area contributed by atoms with Crippen molar-refractivity contribution in [2.45, 2.75) is 6.04 Å². The van der Waals surface area contributed by atoms with Crippen LogP contribution in [0.4, 0.5) is 0 Å². The third-order valence-corrected chi connectivity index (χ3v) is 4.96. The molecule has 1 aliphatic rings. The number of nitrogens with zero attached hydrogens (tertiary/aromatic N) is 1. The molecule has 1 atom stereocenters. The first-order valence-corrected chi connectivity index (χ1v) is 9.06. The molecule has 0 bridgehead atoms. The highest BCUT2D eigenvalue weighted by molar-refractivity contribution is 9.10. The fourth-order valence-electron chi connectivity index (χ4n) is 3.11. The summed E-state index contributed by atoms with van der Waals surface area (Å²) in [6.45, 7) is -0.298. The number of halogens is 1. The number of ether oxygens (including phenoxy) is 1. The van der Waals surface area contributed by atoms with Gasteiger partial charge >= 0.3 is 0 Å². The molecule has 1 unspecified atom stereocenters. The Morgan fingerprint density at radius 3 is 2.30 bits per heavy atom. The van der Waals surface area contributed by atoms with Gasteiger partial charge in [0.2, 0.25) is 0 Å². The average Bonchev–Trinajstić information content (AvgIpc) is 2.93. The van der Waals surface area contributed by atoms with E-state index < -0.39 is 17.7 Å². The lowest BCUT2D eigenvalue weighted by Gasteiger charge is -2.24. The first-order valence-electron chi connectivity index (χ1n) is 8.27. The summed E-state index contributed by atoms with van der Waals surface area (Å²) in [7, 11) is 1.53. The van der Waals surface area contributed by atoms with Crippen LogP contribution in [0.15, 0.2) is 58.6 Å². The Morgan fingerprint density at radius 1 is 1.11 bits per heavy atom. The molecular weight excluding hydrogens is 414 g/mol. The molecule has 1 fully saturated rings. The van der Waals surface area contributed by atoms with E-state index in [0.717, 1.165) is 4.47 Å². The summed E-state index contributed by atoms with van der Waals surface area (Å²) in [6.07, 6.45) is 0. The lowest BCUT2D eigenvalue weighted by molar-refractivity contribution is -0.140. The summed E-state index contributed by atoms with van der Waals surface area (Å²) >= 11 is 3.36. The van der Waals surface area contributed by atoms with Gasteiger partial charge in [0.25, 0.3) is 11.7 Å². The number of Topliss-reactive ketones (excluding diaryl/α,β-unsaturated/α-hetero) is 1. The van der Waals surface area contributed by atoms with E-state index in [9.17, 15) is 19.8 Å². The van der Waals surface area contributed by atoms with E-state index in [1.807, 2.05) is 0 Å². The van der Waals surface area contributed by atoms with E-state index in [2.05, 4.69) is 15.9 Å². The van der Waals surface area contributed by atoms with Gasteiger partial charge in [-0.05, 0) is 42.0 Å². The summed E-state index contributed by atoms with van der Waals surface area (Å²) in [5.74, 6) is -1.17. The van der Waals surface area contributed by atoms with E-state index >= 15 is 0 Å². The van der Waals surface area contributed by atoms with Gasteiger partial charge in [0.05, 0.1) is 25.3 Å². The fraction of sp³-hybridized carbons (Fsp3) is 0.200. The van der Waals surface area contributed by atoms with Crippen molar-refractivity contribution < 1.29 is 24.5 Å². The molecule has 140 valence electrons. The minimum absolute atomic E-state index is 0.000870. The molecule has 0 aliphatic carbocycles. The first kappa shape index (κ1) is 19.1. The monoisotopic (exact) mass is 431 g/mol. The normalized spacial score (nSPS) is 18.8. The minimum Gasteiger partial charge on any atom is -0.507 e. The van der Waals surface area contributed by atoms with Crippen molar-refractivity contribution in [2.75, 3.05) is 20.3 Å². The molecule has 2 N–H and O–H groups in total. The van der Waals surface area contributed by atoms with Crippen LogP contribution in [0.25, 0.3) is 5.76 Å². The van der Waals surface area contributed by atoms with Crippen molar-refractivity contribution in [1.82, 2.24) is 4.90 Å². The third-order valence-electron chi connectivity index (χ3n) is 4.43. The number of carbonyl (C=O) groups excluding carboxylic acids is 2. The predicted molar refractivity (Wildman–Crippen MR) is 103 cm³/mol. The maximum Gasteiger partial charge on any atom is 0.295 e. The molecule has 1 amide bonds. The molecule has 1 saturated heterocycles. The van der Waals surface area contributed by atoms with Gasteiger partial charge in [-0.15, -0.1) is 0 Å². The Labute approximate surface area is 164 Å². The topological polar surface area (TPSA) is 87.1 Å². The highest BCUT2D eigenvalue weighted by Gasteiger charge is 2.45. The zero-order valence-electron chi connectivity index (χ0n) is 14.6. The van der Waals surface area contributed by atoms with E-state index in [1.54, 1.807) is 48.5 Å². The van der Waals surface area contributed by atoms with Crippen LogP contribution in [0, 0.1) is 0 Å². The molecule has 0 radical (unpaired) electrons. The second-order valence-corrected chi connectivity index (χ2v) is 6.91. The number of ketones is 1. The first-order chi connectivity index (χ1) is 13.0. The predicted octanol–water partition coefficient (Wildman–Crippen LogP) is 2.87. The molecule has 6 nitrogen and oxygen atoms in total. The number of benzene rings is 2. The Bertz CT molecular complexity index is 890. The molecule has 1 heterocycles. The molecule has 0 saturated carbocycles. The standard InChI is InChI=1S/C20H18BrNO5/c1-27-15-8-4-13(5-9-15)18(24)16-17(12-2-6-14(21)7-3-12)22(10-11-23)20(26)19(16)25/h2-9,17,23-24H,10-11H2,1H3/b18-16+. The van der Waals surface area contributed by atoms with Gasteiger partial charge in [0, 0.05) is 16.6 Å². The van der Waals surface area contributed by atoms with Crippen molar-refractivity contribution in [3.8, 4) is 5.75 Å². The van der Waals surface area contributed by atoms with Gasteiger partial charge in [0.1, 0.15) is 11.5 Å². The Balaban J connectivity index is 2.14. The van der Waals surface area contributed by atoms with E-state index in [0.29, 0.717) is 16.9 Å². The summed E-state index contributed by atoms with van der Waals surface area (Å²) in [6, 6.07) is 12.9. The van der Waals surface area contributed by atoms with Crippen molar-refractivity contribution in [3.63, 3.8) is 0 Å². The molecule has 0 spiro atoms. The van der Waals surface area contributed by atoms with Gasteiger partial charge in [-0.2, -0.15) is 0 Å². The summed E-state index contributed by atoms with van der Waals surface area (Å²) in [5.41, 5.74) is 1.07. The van der Waals surface area contributed by atoms with Crippen LogP contribution in [0.1, 0.15) is 17.2 Å². The number of hydrogen-bond acceptors (Lipinski definition) is 5. The minimum atomic E-state index is -0.773. The second-order valence-electron chi connectivity index (χ2n) is 6.00. The van der Waals surface area contributed by atoms with Crippen molar-refractivity contribution in [1.29, 1.82) is 0 Å². The zero-order valence-corrected chi connectivity index (χ0v) is 16.1. The van der Waals surface area contributed by atoms with Gasteiger partial charge in [-0.1, -0.05) is 28.1 Å². The van der Waals surface area contributed by atoms with Crippen LogP contribution in [-0.4, -0.2) is 47.1 Å². The Hall–Kier alpha value is -2.64. The number of amides is 1. The van der Waals surface area contributed by atoms with Crippen LogP contribution in [0.2, 0.25) is 0 Å². The number of methoxy groups -OCH3 is 1. The van der Waals surface area contributed by atoms with Crippen molar-refractivity contribution in [2.24, 2.45) is 0 Å². The van der Waals surface area contributed by atoms with Gasteiger partial charge < -0.3 is 19.8 Å². The largest absolute Gasteiger partial charge is 0.507 e. The van der Waals surface area contributed by atoms with Crippen LogP contribution in [-0.2, 0) is 9.59 Å². The van der Waals surface area contributed by atoms with Gasteiger partial charge in [-0.3, -0.25) is 9.59 Å². The van der Waals surface area contributed by atoms with Crippen LogP contribution < -0.4 is 4.74 Å². The maximum atomic E-state index is 12.7. The molecule has 3 rings (SSSR count). The maximum absolute atomic E-state index is 12.7. The lowest BCUT2D eigenvalue weighted by atomic mass is 9.95. The molecule has 1 aliphatic heterocycles. The zero-order chi connectivity index (χ0) is 19.6. The fourth-order valence-corrected chi connectivity index (χ4v) is 3.38. The number of β-amino-alcohol motifs (C(OH)–C–C–N with tert-alkyl or cyclic N) is 1. The SMILES string of the molecule is COc1ccc(/C(O)=C2\C(=O)C(=O)N(CCO)C2c2ccc(Br)cc2)cc1. The molecule has 2 aromatic carbocycles. The van der Waals surface area contributed by atoms with Crippen molar-refractivity contribution in [3.05, 3.63) is 69.7 Å². The van der Waals surface area contributed by atoms with Crippen LogP contribution in [0.3, 0.4) is 0 Å². The molecule has 7 heteroatoms. The van der Waals surface area contributed by atoms with E-state index in [-0.39, 0.29) is 24.5 Å². The lowest BCUT2D eigenvalue weighted by Crippen LogP contribution is -2.32. The number of hydrogen-bond donors (Lipinski definition) is 2. The molecule has 2 aromatic rings. The summed E-state index contributed by atoms with van der Waals surface area (Å²) < 4.78 is 5.95. The number of aliphatic hydroxyl groups excluding tert-OH is 2. The average molecular weight is 432 g/mol. The number of likely N-dealkylation sites (tertiary alicyclic amines) is 1. The van der Waals surface area contributed by atoms with Gasteiger partial charge in [0.15, 0.2) is 0 Å². The highest BCUT2D eigenvalue weighted by atomic mass is 79.9. The third kappa shape index (κ3) is 3.61. The number of rotatable bonds is 5. The van der Waals surface area contributed by atoms with Crippen molar-refractivity contribution >= 4 is 33.4 Å². The van der Waals surface area contributed by atoms with Crippen LogP contribution >= 0.6 is 15.9 Å². The Kier molecular flexibility index (Phi) is 5.62. The Morgan fingerprint density at radius 2 is 1.74 bits per heavy atom. The van der Waals surface area contributed by atoms with Gasteiger partial charge in [-0.25, -0.2) is 0 Å². The smallest absolute Gasteiger partial charge is 0.295 e. The number of carbonyl (C=O) groups is 2. The number of aliphatic hydroxyl groups is 2. The summed E-state index contributed by atoms with van der Waals surface area (Å²) in [5, 5.41) is 20.1. The molecule has 27 heavy (non-hydrogen) atoms. The van der Waals surface area contributed by atoms with Crippen LogP contribution in [0.5, 0.6) is 5.75 Å². The quantitative estimate of drug-likeness (QED) is 0.431. The summed E-state index contributed by atoms with van der Waals surface area (Å²) in [4.78, 5) is 26.4. The van der Waals surface area contributed by atoms with E-state index in [4.69, 9.17) is 4.74 Å². The molecular formula is C20H18BrNO5. The molecule has 0 aromatic heterocycles.